The van der Waals surface area contributed by atoms with Crippen LogP contribution in [-0.2, 0) is 13.6 Å². The van der Waals surface area contributed by atoms with Gasteiger partial charge in [-0.15, -0.1) is 0 Å². The number of aryl methyl sites for hydroxylation is 2. The number of nitrogens with two attached hydrogens (primary N) is 1. The molecule has 0 saturated carbocycles. The van der Waals surface area contributed by atoms with Gasteiger partial charge in [-0.25, -0.2) is 23.5 Å². The Morgan fingerprint density at radius 2 is 1.88 bits per heavy atom. The maximum absolute atomic E-state index is 14.0. The summed E-state index contributed by atoms with van der Waals surface area (Å²) in [6.07, 6.45) is 4.67. The SMILES string of the molecule is Cc1cc(-n2ncn(Cc3cc(F)ccc3F)c2=O)ccc1-c1cn(C)c2ncnc(N)c12. The van der Waals surface area contributed by atoms with Crippen molar-refractivity contribution in [2.45, 2.75) is 13.5 Å². The summed E-state index contributed by atoms with van der Waals surface area (Å²) in [7, 11) is 1.88. The molecule has 0 aliphatic heterocycles. The Morgan fingerprint density at radius 1 is 1.06 bits per heavy atom. The lowest BCUT2D eigenvalue weighted by Gasteiger charge is -2.08. The first-order valence-corrected chi connectivity index (χ1v) is 10.1. The molecule has 0 radical (unpaired) electrons. The van der Waals surface area contributed by atoms with Gasteiger partial charge in [0.25, 0.3) is 0 Å². The van der Waals surface area contributed by atoms with Crippen LogP contribution < -0.4 is 11.4 Å². The summed E-state index contributed by atoms with van der Waals surface area (Å²) in [4.78, 5) is 21.3. The largest absolute Gasteiger partial charge is 0.383 e. The lowest BCUT2D eigenvalue weighted by molar-refractivity contribution is 0.574. The van der Waals surface area contributed by atoms with Crippen LogP contribution in [0.15, 0.2) is 60.0 Å². The molecule has 0 aliphatic rings. The van der Waals surface area contributed by atoms with Crippen LogP contribution in [-0.4, -0.2) is 28.9 Å². The molecule has 0 atom stereocenters. The van der Waals surface area contributed by atoms with Gasteiger partial charge in [0.1, 0.15) is 35.8 Å². The third-order valence-electron chi connectivity index (χ3n) is 5.61. The van der Waals surface area contributed by atoms with E-state index in [0.717, 1.165) is 45.9 Å². The number of nitrogens with zero attached hydrogens (tertiary/aromatic N) is 6. The van der Waals surface area contributed by atoms with E-state index in [1.165, 1.54) is 21.9 Å². The Kier molecular flexibility index (Phi) is 4.77. The minimum Gasteiger partial charge on any atom is -0.383 e. The summed E-state index contributed by atoms with van der Waals surface area (Å²) in [5.41, 5.74) is 9.67. The molecule has 3 heterocycles. The van der Waals surface area contributed by atoms with E-state index in [-0.39, 0.29) is 12.1 Å². The molecule has 8 nitrogen and oxygen atoms in total. The molecule has 0 bridgehead atoms. The van der Waals surface area contributed by atoms with Crippen molar-refractivity contribution in [2.24, 2.45) is 7.05 Å². The molecule has 0 aliphatic carbocycles. The molecule has 5 aromatic rings. The first-order valence-electron chi connectivity index (χ1n) is 10.1. The van der Waals surface area contributed by atoms with Crippen LogP contribution in [0, 0.1) is 18.6 Å². The van der Waals surface area contributed by atoms with Gasteiger partial charge in [-0.2, -0.15) is 9.78 Å². The van der Waals surface area contributed by atoms with Crippen molar-refractivity contribution in [3.05, 3.63) is 88.5 Å². The third kappa shape index (κ3) is 3.45. The fourth-order valence-electron chi connectivity index (χ4n) is 3.99. The van der Waals surface area contributed by atoms with Crippen LogP contribution >= 0.6 is 0 Å². The average molecular weight is 447 g/mol. The molecule has 0 amide bonds. The number of hydrogen-bond acceptors (Lipinski definition) is 5. The normalized spacial score (nSPS) is 11.4. The highest BCUT2D eigenvalue weighted by Crippen LogP contribution is 2.34. The van der Waals surface area contributed by atoms with Gasteiger partial charge in [0.15, 0.2) is 0 Å². The fraction of sp³-hybridized carbons (Fsp3) is 0.130. The van der Waals surface area contributed by atoms with Gasteiger partial charge in [-0.3, -0.25) is 4.57 Å². The van der Waals surface area contributed by atoms with Crippen LogP contribution in [0.1, 0.15) is 11.1 Å². The second-order valence-electron chi connectivity index (χ2n) is 7.80. The molecule has 5 rings (SSSR count). The van der Waals surface area contributed by atoms with Crippen molar-refractivity contribution in [1.29, 1.82) is 0 Å². The summed E-state index contributed by atoms with van der Waals surface area (Å²) in [5, 5.41) is 4.91. The monoisotopic (exact) mass is 447 g/mol. The van der Waals surface area contributed by atoms with E-state index in [1.54, 1.807) is 6.07 Å². The smallest absolute Gasteiger partial charge is 0.350 e. The Bertz CT molecular complexity index is 1580. The second kappa shape index (κ2) is 7.66. The van der Waals surface area contributed by atoms with Crippen molar-refractivity contribution in [1.82, 2.24) is 28.9 Å². The number of aromatic nitrogens is 6. The number of benzene rings is 2. The number of fused-ring (bicyclic) bond motifs is 1. The van der Waals surface area contributed by atoms with Crippen molar-refractivity contribution in [2.75, 3.05) is 5.73 Å². The highest BCUT2D eigenvalue weighted by molar-refractivity contribution is 6.01. The summed E-state index contributed by atoms with van der Waals surface area (Å²) >= 11 is 0. The van der Waals surface area contributed by atoms with Crippen LogP contribution in [0.3, 0.4) is 0 Å². The average Bonchev–Trinajstić information content (AvgIpc) is 3.31. The van der Waals surface area contributed by atoms with Gasteiger partial charge in [-0.1, -0.05) is 6.07 Å². The van der Waals surface area contributed by atoms with Gasteiger partial charge in [0.05, 0.1) is 17.6 Å². The molecule has 0 unspecified atom stereocenters. The summed E-state index contributed by atoms with van der Waals surface area (Å²) in [6.45, 7) is 1.79. The molecule has 0 fully saturated rings. The predicted octanol–water partition coefficient (Wildman–Crippen LogP) is 3.20. The zero-order valence-electron chi connectivity index (χ0n) is 17.8. The third-order valence-corrected chi connectivity index (χ3v) is 5.61. The number of halogens is 2. The van der Waals surface area contributed by atoms with E-state index in [0.29, 0.717) is 11.5 Å². The summed E-state index contributed by atoms with van der Waals surface area (Å²) < 4.78 is 31.8. The molecule has 0 saturated heterocycles. The standard InChI is InChI=1S/C23H19F2N7O/c1-13-7-16(4-5-17(13)18-10-30(2)22-20(18)21(26)27-11-28-22)32-23(33)31(12-29-32)9-14-8-15(24)3-6-19(14)25/h3-8,10-12H,9H2,1-2H3,(H2,26,27,28). The molecule has 10 heteroatoms. The molecule has 3 aromatic heterocycles. The van der Waals surface area contributed by atoms with Crippen molar-refractivity contribution >= 4 is 16.9 Å². The molecular formula is C23H19F2N7O. The molecular weight excluding hydrogens is 428 g/mol. The Hall–Kier alpha value is -4.34. The van der Waals surface area contributed by atoms with E-state index >= 15 is 0 Å². The second-order valence-corrected chi connectivity index (χ2v) is 7.80. The number of nitrogen functional groups attached to an aromatic ring is 1. The van der Waals surface area contributed by atoms with Gasteiger partial charge in [0, 0.05) is 24.4 Å². The van der Waals surface area contributed by atoms with Crippen molar-refractivity contribution in [3.63, 3.8) is 0 Å². The predicted molar refractivity (Wildman–Crippen MR) is 120 cm³/mol. The van der Waals surface area contributed by atoms with Crippen LogP contribution in [0.25, 0.3) is 27.8 Å². The number of hydrogen-bond donors (Lipinski definition) is 1. The quantitative estimate of drug-likeness (QED) is 0.456. The first-order chi connectivity index (χ1) is 15.8. The molecule has 166 valence electrons. The zero-order chi connectivity index (χ0) is 23.3. The molecule has 2 N–H and O–H groups in total. The minimum absolute atomic E-state index is 0.0685. The highest BCUT2D eigenvalue weighted by atomic mass is 19.1. The maximum Gasteiger partial charge on any atom is 0.350 e. The Morgan fingerprint density at radius 3 is 2.67 bits per heavy atom. The minimum atomic E-state index is -0.588. The van der Waals surface area contributed by atoms with Crippen LogP contribution in [0.5, 0.6) is 0 Å². The van der Waals surface area contributed by atoms with Crippen molar-refractivity contribution in [3.8, 4) is 16.8 Å². The Labute approximate surface area is 186 Å². The summed E-state index contributed by atoms with van der Waals surface area (Å²) in [5.74, 6) is -0.772. The van der Waals surface area contributed by atoms with E-state index in [4.69, 9.17) is 5.73 Å². The number of anilines is 1. The van der Waals surface area contributed by atoms with Gasteiger partial charge in [0.2, 0.25) is 0 Å². The fourth-order valence-corrected chi connectivity index (χ4v) is 3.99. The lowest BCUT2D eigenvalue weighted by atomic mass is 10.0. The van der Waals surface area contributed by atoms with E-state index < -0.39 is 17.3 Å². The highest BCUT2D eigenvalue weighted by Gasteiger charge is 2.16. The first kappa shape index (κ1) is 20.6. The summed E-state index contributed by atoms with van der Waals surface area (Å²) in [6, 6.07) is 8.61. The van der Waals surface area contributed by atoms with Gasteiger partial charge >= 0.3 is 5.69 Å². The molecule has 0 spiro atoms. The Balaban J connectivity index is 1.53. The van der Waals surface area contributed by atoms with Crippen LogP contribution in [0.4, 0.5) is 14.6 Å². The van der Waals surface area contributed by atoms with Crippen molar-refractivity contribution < 1.29 is 8.78 Å². The molecule has 33 heavy (non-hydrogen) atoms. The van der Waals surface area contributed by atoms with E-state index in [9.17, 15) is 13.6 Å². The number of rotatable bonds is 4. The van der Waals surface area contributed by atoms with Crippen LogP contribution in [0.2, 0.25) is 0 Å². The topological polar surface area (TPSA) is 96.5 Å². The van der Waals surface area contributed by atoms with E-state index in [1.807, 2.05) is 36.9 Å². The van der Waals surface area contributed by atoms with Gasteiger partial charge in [-0.05, 0) is 48.4 Å². The lowest BCUT2D eigenvalue weighted by Crippen LogP contribution is -2.24. The molecule has 2 aromatic carbocycles. The van der Waals surface area contributed by atoms with E-state index in [2.05, 4.69) is 15.1 Å². The maximum atomic E-state index is 14.0. The van der Waals surface area contributed by atoms with Gasteiger partial charge < -0.3 is 10.3 Å². The zero-order valence-corrected chi connectivity index (χ0v) is 17.8.